The second kappa shape index (κ2) is 4.09. The average Bonchev–Trinajstić information content (AvgIpc) is 2.58. The maximum atomic E-state index is 5.84. The first-order valence-corrected chi connectivity index (χ1v) is 7.63. The quantitative estimate of drug-likeness (QED) is 0.711. The van der Waals surface area contributed by atoms with Crippen LogP contribution in [0.4, 0.5) is 0 Å². The molecular weight excluding hydrogens is 232 g/mol. The summed E-state index contributed by atoms with van der Waals surface area (Å²) in [6.07, 6.45) is 2.48. The van der Waals surface area contributed by atoms with Gasteiger partial charge in [-0.25, -0.2) is 0 Å². The van der Waals surface area contributed by atoms with Crippen LogP contribution in [0, 0.1) is 0 Å². The summed E-state index contributed by atoms with van der Waals surface area (Å²) in [4.78, 5) is 0. The van der Waals surface area contributed by atoms with E-state index in [9.17, 15) is 0 Å². The molecule has 1 aliphatic heterocycles. The van der Waals surface area contributed by atoms with Crippen molar-refractivity contribution in [1.29, 1.82) is 0 Å². The van der Waals surface area contributed by atoms with Crippen molar-refractivity contribution in [3.63, 3.8) is 0 Å². The molecule has 0 fully saturated rings. The van der Waals surface area contributed by atoms with Crippen LogP contribution in [-0.4, -0.2) is 6.61 Å². The van der Waals surface area contributed by atoms with E-state index >= 15 is 0 Å². The molecule has 1 heterocycles. The lowest BCUT2D eigenvalue weighted by Gasteiger charge is -2.31. The van der Waals surface area contributed by atoms with Gasteiger partial charge in [-0.3, -0.25) is 0 Å². The first-order valence-electron chi connectivity index (χ1n) is 7.63. The van der Waals surface area contributed by atoms with Crippen molar-refractivity contribution >= 4 is 0 Å². The Morgan fingerprint density at radius 2 is 2.00 bits per heavy atom. The second-order valence-corrected chi connectivity index (χ2v) is 7.45. The molecule has 3 rings (SSSR count). The Hall–Kier alpha value is -0.820. The fourth-order valence-corrected chi connectivity index (χ4v) is 4.42. The highest BCUT2D eigenvalue weighted by Crippen LogP contribution is 2.53. The van der Waals surface area contributed by atoms with E-state index in [0.717, 1.165) is 13.2 Å². The van der Waals surface area contributed by atoms with Crippen molar-refractivity contribution in [3.8, 4) is 0 Å². The summed E-state index contributed by atoms with van der Waals surface area (Å²) < 4.78 is 5.84. The van der Waals surface area contributed by atoms with Crippen LogP contribution in [0.2, 0.25) is 0 Å². The number of rotatable bonds is 1. The summed E-state index contributed by atoms with van der Waals surface area (Å²) in [5, 5.41) is 0. The van der Waals surface area contributed by atoms with Crippen LogP contribution in [0.1, 0.15) is 75.6 Å². The van der Waals surface area contributed by atoms with Gasteiger partial charge in [-0.2, -0.15) is 0 Å². The molecule has 1 aromatic carbocycles. The SMILES string of the molecule is CCC1(C)CC(C)(C)c2ccc3c(c21)COCC3C. The van der Waals surface area contributed by atoms with E-state index < -0.39 is 0 Å². The van der Waals surface area contributed by atoms with Gasteiger partial charge in [-0.05, 0) is 45.9 Å². The molecule has 2 aliphatic rings. The smallest absolute Gasteiger partial charge is 0.0722 e. The summed E-state index contributed by atoms with van der Waals surface area (Å²) >= 11 is 0. The topological polar surface area (TPSA) is 9.23 Å². The van der Waals surface area contributed by atoms with Crippen LogP contribution >= 0.6 is 0 Å². The van der Waals surface area contributed by atoms with Crippen molar-refractivity contribution in [2.24, 2.45) is 0 Å². The molecule has 0 saturated carbocycles. The summed E-state index contributed by atoms with van der Waals surface area (Å²) in [7, 11) is 0. The standard InChI is InChI=1S/C18H26O/c1-6-18(5)11-17(3,4)15-8-7-13-12(2)9-19-10-14(13)16(15)18/h7-8,12H,6,9-11H2,1-5H3. The van der Waals surface area contributed by atoms with E-state index in [-0.39, 0.29) is 0 Å². The lowest BCUT2D eigenvalue weighted by atomic mass is 9.76. The molecule has 0 spiro atoms. The molecule has 2 unspecified atom stereocenters. The monoisotopic (exact) mass is 258 g/mol. The summed E-state index contributed by atoms with van der Waals surface area (Å²) in [6.45, 7) is 13.5. The highest BCUT2D eigenvalue weighted by molar-refractivity contribution is 5.53. The number of hydrogen-bond donors (Lipinski definition) is 0. The highest BCUT2D eigenvalue weighted by atomic mass is 16.5. The van der Waals surface area contributed by atoms with Gasteiger partial charge < -0.3 is 4.74 Å². The van der Waals surface area contributed by atoms with Crippen molar-refractivity contribution < 1.29 is 4.74 Å². The maximum Gasteiger partial charge on any atom is 0.0722 e. The molecular formula is C18H26O. The fourth-order valence-electron chi connectivity index (χ4n) is 4.42. The molecule has 0 N–H and O–H groups in total. The van der Waals surface area contributed by atoms with Crippen LogP contribution in [0.5, 0.6) is 0 Å². The van der Waals surface area contributed by atoms with Crippen LogP contribution in [0.15, 0.2) is 12.1 Å². The Morgan fingerprint density at radius 1 is 1.26 bits per heavy atom. The number of hydrogen-bond acceptors (Lipinski definition) is 1. The zero-order valence-electron chi connectivity index (χ0n) is 13.0. The Kier molecular flexibility index (Phi) is 2.83. The minimum absolute atomic E-state index is 0.301. The van der Waals surface area contributed by atoms with Crippen LogP contribution in [0.25, 0.3) is 0 Å². The molecule has 2 atom stereocenters. The maximum absolute atomic E-state index is 5.84. The highest BCUT2D eigenvalue weighted by Gasteiger charge is 2.45. The van der Waals surface area contributed by atoms with Crippen LogP contribution in [0.3, 0.4) is 0 Å². The van der Waals surface area contributed by atoms with E-state index in [2.05, 4.69) is 46.8 Å². The molecule has 1 heteroatoms. The van der Waals surface area contributed by atoms with E-state index in [1.165, 1.54) is 24.0 Å². The Labute approximate surface area is 117 Å². The molecule has 1 aromatic rings. The van der Waals surface area contributed by atoms with Gasteiger partial charge in [0, 0.05) is 5.92 Å². The van der Waals surface area contributed by atoms with E-state index in [1.54, 1.807) is 11.1 Å². The van der Waals surface area contributed by atoms with Gasteiger partial charge in [0.1, 0.15) is 0 Å². The van der Waals surface area contributed by atoms with Gasteiger partial charge in [-0.15, -0.1) is 0 Å². The molecule has 0 saturated heterocycles. The summed E-state index contributed by atoms with van der Waals surface area (Å²) in [6, 6.07) is 4.77. The number of benzene rings is 1. The predicted octanol–water partition coefficient (Wildman–Crippen LogP) is 4.67. The zero-order chi connectivity index (χ0) is 13.8. The minimum Gasteiger partial charge on any atom is -0.376 e. The Bertz CT molecular complexity index is 515. The summed E-state index contributed by atoms with van der Waals surface area (Å²) in [5.74, 6) is 0.541. The minimum atomic E-state index is 0.301. The van der Waals surface area contributed by atoms with Gasteiger partial charge in [0.25, 0.3) is 0 Å². The van der Waals surface area contributed by atoms with Gasteiger partial charge >= 0.3 is 0 Å². The van der Waals surface area contributed by atoms with Gasteiger partial charge in [-0.1, -0.05) is 46.8 Å². The molecule has 0 amide bonds. The molecule has 1 aliphatic carbocycles. The fraction of sp³-hybridized carbons (Fsp3) is 0.667. The van der Waals surface area contributed by atoms with E-state index in [4.69, 9.17) is 4.74 Å². The largest absolute Gasteiger partial charge is 0.376 e. The molecule has 19 heavy (non-hydrogen) atoms. The summed E-state index contributed by atoms with van der Waals surface area (Å²) in [5.41, 5.74) is 6.84. The Balaban J connectivity index is 2.27. The first-order chi connectivity index (χ1) is 8.89. The van der Waals surface area contributed by atoms with Gasteiger partial charge in [0.15, 0.2) is 0 Å². The molecule has 104 valence electrons. The van der Waals surface area contributed by atoms with Crippen molar-refractivity contribution in [1.82, 2.24) is 0 Å². The van der Waals surface area contributed by atoms with Crippen LogP contribution in [-0.2, 0) is 22.2 Å². The van der Waals surface area contributed by atoms with Crippen molar-refractivity contribution in [3.05, 3.63) is 34.4 Å². The molecule has 0 radical (unpaired) electrons. The molecule has 0 aromatic heterocycles. The normalized spacial score (nSPS) is 31.9. The third kappa shape index (κ3) is 1.78. The average molecular weight is 258 g/mol. The lowest BCUT2D eigenvalue weighted by Crippen LogP contribution is -2.24. The van der Waals surface area contributed by atoms with Crippen LogP contribution < -0.4 is 0 Å². The second-order valence-electron chi connectivity index (χ2n) is 7.45. The van der Waals surface area contributed by atoms with E-state index in [1.807, 2.05) is 0 Å². The van der Waals surface area contributed by atoms with Gasteiger partial charge in [0.05, 0.1) is 13.2 Å². The van der Waals surface area contributed by atoms with Gasteiger partial charge in [0.2, 0.25) is 0 Å². The number of ether oxygens (including phenoxy) is 1. The third-order valence-corrected chi connectivity index (χ3v) is 5.44. The predicted molar refractivity (Wildman–Crippen MR) is 79.8 cm³/mol. The van der Waals surface area contributed by atoms with E-state index in [0.29, 0.717) is 16.7 Å². The zero-order valence-corrected chi connectivity index (χ0v) is 13.0. The Morgan fingerprint density at radius 3 is 2.68 bits per heavy atom. The van der Waals surface area contributed by atoms with Crippen molar-refractivity contribution in [2.45, 2.75) is 70.8 Å². The van der Waals surface area contributed by atoms with Crippen molar-refractivity contribution in [2.75, 3.05) is 6.61 Å². The lowest BCUT2D eigenvalue weighted by molar-refractivity contribution is 0.0935. The molecule has 0 bridgehead atoms. The number of fused-ring (bicyclic) bond motifs is 3. The first kappa shape index (κ1) is 13.2. The third-order valence-electron chi connectivity index (χ3n) is 5.44. The molecule has 1 nitrogen and oxygen atoms in total.